The van der Waals surface area contributed by atoms with Gasteiger partial charge in [-0.05, 0) is 82.6 Å². The minimum absolute atomic E-state index is 0. The highest BCUT2D eigenvalue weighted by Gasteiger charge is 2.43. The number of hydrogen-bond donors (Lipinski definition) is 0. The highest BCUT2D eigenvalue weighted by molar-refractivity contribution is 5.85. The Labute approximate surface area is 175 Å². The third-order valence-electron chi connectivity index (χ3n) is 5.74. The zero-order chi connectivity index (χ0) is 19.0. The minimum Gasteiger partial charge on any atom is -0.265 e. The molecule has 1 aliphatic carbocycles. The average Bonchev–Trinajstić information content (AvgIpc) is 2.99. The summed E-state index contributed by atoms with van der Waals surface area (Å²) in [6, 6.07) is 21.9. The van der Waals surface area contributed by atoms with Crippen LogP contribution in [0.15, 0.2) is 91.5 Å². The van der Waals surface area contributed by atoms with Gasteiger partial charge in [-0.2, -0.15) is 0 Å². The van der Waals surface area contributed by atoms with Crippen molar-refractivity contribution in [1.29, 1.82) is 0 Å². The van der Waals surface area contributed by atoms with Gasteiger partial charge in [0, 0.05) is 30.2 Å². The summed E-state index contributed by atoms with van der Waals surface area (Å²) >= 11 is 0. The molecule has 2 aromatic heterocycles. The molecule has 0 saturated heterocycles. The van der Waals surface area contributed by atoms with Gasteiger partial charge < -0.3 is 0 Å². The molecule has 0 unspecified atom stereocenters. The molecule has 5 rings (SSSR count). The van der Waals surface area contributed by atoms with Gasteiger partial charge in [0.05, 0.1) is 0 Å². The molecular weight excluding hydrogens is 383 g/mol. The van der Waals surface area contributed by atoms with E-state index in [2.05, 4.69) is 34.2 Å². The lowest BCUT2D eigenvalue weighted by Gasteiger charge is -2.33. The molecule has 0 fully saturated rings. The van der Waals surface area contributed by atoms with E-state index < -0.39 is 0 Å². The summed E-state index contributed by atoms with van der Waals surface area (Å²) in [5.41, 5.74) is 6.68. The first-order valence-corrected chi connectivity index (χ1v) is 9.44. The number of halogens is 2. The first kappa shape index (κ1) is 19.3. The second-order valence-corrected chi connectivity index (χ2v) is 7.38. The summed E-state index contributed by atoms with van der Waals surface area (Å²) in [4.78, 5) is 8.32. The zero-order valence-electron chi connectivity index (χ0n) is 15.8. The molecule has 29 heavy (non-hydrogen) atoms. The Morgan fingerprint density at radius 2 is 1.21 bits per heavy atom. The molecule has 0 atom stereocenters. The lowest BCUT2D eigenvalue weighted by Crippen LogP contribution is -2.31. The van der Waals surface area contributed by atoms with Crippen molar-refractivity contribution < 1.29 is 4.39 Å². The fourth-order valence-corrected chi connectivity index (χ4v) is 4.57. The highest BCUT2D eigenvalue weighted by Crippen LogP contribution is 2.52. The summed E-state index contributed by atoms with van der Waals surface area (Å²) in [6.07, 6.45) is 8.86. The van der Waals surface area contributed by atoms with E-state index in [1.807, 2.05) is 55.1 Å². The van der Waals surface area contributed by atoms with Crippen LogP contribution in [0.3, 0.4) is 0 Å². The number of pyridine rings is 2. The van der Waals surface area contributed by atoms with Crippen molar-refractivity contribution in [3.63, 3.8) is 0 Å². The zero-order valence-corrected chi connectivity index (χ0v) is 16.6. The van der Waals surface area contributed by atoms with Crippen LogP contribution in [0, 0.1) is 5.82 Å². The molecule has 4 heteroatoms. The van der Waals surface area contributed by atoms with Crippen molar-refractivity contribution in [2.24, 2.45) is 0 Å². The van der Waals surface area contributed by atoms with Crippen LogP contribution in [-0.4, -0.2) is 9.97 Å². The van der Waals surface area contributed by atoms with Crippen molar-refractivity contribution in [2.75, 3.05) is 0 Å². The third-order valence-corrected chi connectivity index (χ3v) is 5.74. The number of aromatic nitrogens is 2. The SMILES string of the molecule is Cl.Fc1ccc2c(c1)C(Cc1ccncc1)(Cc1ccncc1)c1ccccc1-2. The van der Waals surface area contributed by atoms with E-state index in [0.717, 1.165) is 24.0 Å². The lowest BCUT2D eigenvalue weighted by molar-refractivity contribution is 0.514. The van der Waals surface area contributed by atoms with Gasteiger partial charge in [-0.15, -0.1) is 12.4 Å². The van der Waals surface area contributed by atoms with Gasteiger partial charge >= 0.3 is 0 Å². The van der Waals surface area contributed by atoms with Crippen molar-refractivity contribution in [2.45, 2.75) is 18.3 Å². The molecule has 0 spiro atoms. The Morgan fingerprint density at radius 1 is 0.655 bits per heavy atom. The molecular formula is C25H20ClFN2. The van der Waals surface area contributed by atoms with E-state index in [1.165, 1.54) is 22.3 Å². The summed E-state index contributed by atoms with van der Waals surface area (Å²) in [5, 5.41) is 0. The van der Waals surface area contributed by atoms with E-state index in [9.17, 15) is 4.39 Å². The van der Waals surface area contributed by atoms with Gasteiger partial charge in [0.15, 0.2) is 0 Å². The monoisotopic (exact) mass is 402 g/mol. The smallest absolute Gasteiger partial charge is 0.123 e. The fraction of sp³-hybridized carbons (Fsp3) is 0.120. The number of hydrogen-bond acceptors (Lipinski definition) is 2. The molecule has 0 bridgehead atoms. The summed E-state index contributed by atoms with van der Waals surface area (Å²) in [5.74, 6) is -0.194. The first-order chi connectivity index (χ1) is 13.8. The summed E-state index contributed by atoms with van der Waals surface area (Å²) < 4.78 is 14.4. The molecule has 0 saturated carbocycles. The van der Waals surface area contributed by atoms with Crippen molar-refractivity contribution in [3.8, 4) is 11.1 Å². The van der Waals surface area contributed by atoms with Gasteiger partial charge in [-0.25, -0.2) is 4.39 Å². The van der Waals surface area contributed by atoms with Crippen LogP contribution in [0.1, 0.15) is 22.3 Å². The summed E-state index contributed by atoms with van der Waals surface area (Å²) in [7, 11) is 0. The maximum atomic E-state index is 14.4. The van der Waals surface area contributed by atoms with E-state index in [4.69, 9.17) is 0 Å². The highest BCUT2D eigenvalue weighted by atomic mass is 35.5. The van der Waals surface area contributed by atoms with Crippen molar-refractivity contribution in [1.82, 2.24) is 9.97 Å². The molecule has 0 amide bonds. The number of rotatable bonds is 4. The third kappa shape index (κ3) is 3.32. The van der Waals surface area contributed by atoms with Crippen LogP contribution in [0.4, 0.5) is 4.39 Å². The quantitative estimate of drug-likeness (QED) is 0.431. The van der Waals surface area contributed by atoms with Crippen LogP contribution in [0.25, 0.3) is 11.1 Å². The fourth-order valence-electron chi connectivity index (χ4n) is 4.57. The molecule has 144 valence electrons. The maximum Gasteiger partial charge on any atom is 0.123 e. The van der Waals surface area contributed by atoms with E-state index in [1.54, 1.807) is 12.1 Å². The molecule has 0 aliphatic heterocycles. The molecule has 2 nitrogen and oxygen atoms in total. The molecule has 2 aromatic carbocycles. The first-order valence-electron chi connectivity index (χ1n) is 9.44. The predicted molar refractivity (Wildman–Crippen MR) is 116 cm³/mol. The van der Waals surface area contributed by atoms with Crippen molar-refractivity contribution in [3.05, 3.63) is 120 Å². The molecule has 0 radical (unpaired) electrons. The van der Waals surface area contributed by atoms with Crippen LogP contribution < -0.4 is 0 Å². The Hall–Kier alpha value is -3.04. The number of nitrogens with zero attached hydrogens (tertiary/aromatic N) is 2. The van der Waals surface area contributed by atoms with Crippen LogP contribution in [0.2, 0.25) is 0 Å². The molecule has 1 aliphatic rings. The second kappa shape index (κ2) is 7.76. The van der Waals surface area contributed by atoms with Gasteiger partial charge in [0.2, 0.25) is 0 Å². The van der Waals surface area contributed by atoms with Crippen LogP contribution in [0.5, 0.6) is 0 Å². The largest absolute Gasteiger partial charge is 0.265 e. The maximum absolute atomic E-state index is 14.4. The minimum atomic E-state index is -0.337. The van der Waals surface area contributed by atoms with Gasteiger partial charge in [0.25, 0.3) is 0 Å². The Morgan fingerprint density at radius 3 is 1.83 bits per heavy atom. The van der Waals surface area contributed by atoms with Gasteiger partial charge in [-0.1, -0.05) is 30.3 Å². The Balaban J connectivity index is 0.00000205. The van der Waals surface area contributed by atoms with Gasteiger partial charge in [-0.3, -0.25) is 9.97 Å². The van der Waals surface area contributed by atoms with E-state index >= 15 is 0 Å². The Bertz CT molecular complexity index is 1090. The van der Waals surface area contributed by atoms with Crippen LogP contribution in [-0.2, 0) is 18.3 Å². The number of fused-ring (bicyclic) bond motifs is 3. The molecule has 0 N–H and O–H groups in total. The van der Waals surface area contributed by atoms with Gasteiger partial charge in [0.1, 0.15) is 5.82 Å². The van der Waals surface area contributed by atoms with Crippen molar-refractivity contribution >= 4 is 12.4 Å². The normalized spacial score (nSPS) is 13.3. The van der Waals surface area contributed by atoms with Crippen LogP contribution >= 0.6 is 12.4 Å². The standard InChI is InChI=1S/C25H19FN2.ClH/c26-20-5-6-22-21-3-1-2-4-23(21)25(24(22)15-20,16-18-7-11-27-12-8-18)17-19-9-13-28-14-10-19;/h1-15H,16-17H2;1H. The second-order valence-electron chi connectivity index (χ2n) is 7.38. The topological polar surface area (TPSA) is 25.8 Å². The predicted octanol–water partition coefficient (Wildman–Crippen LogP) is 5.79. The lowest BCUT2D eigenvalue weighted by atomic mass is 9.70. The average molecular weight is 403 g/mol. The van der Waals surface area contributed by atoms with E-state index in [0.29, 0.717) is 0 Å². The molecule has 4 aromatic rings. The number of benzene rings is 2. The molecule has 2 heterocycles. The summed E-state index contributed by atoms with van der Waals surface area (Å²) in [6.45, 7) is 0. The van der Waals surface area contributed by atoms with E-state index in [-0.39, 0.29) is 23.6 Å². The Kier molecular flexibility index (Phi) is 5.16.